The summed E-state index contributed by atoms with van der Waals surface area (Å²) in [6.07, 6.45) is 0. The SMILES string of the molecule is Cc1ccc(S(=O)(=O)[C@@H]2[C@H](c3ccc(F)cc3)[C@]2(CN)CO)cc1. The third-order valence-electron chi connectivity index (χ3n) is 4.97. The third kappa shape index (κ3) is 2.55. The molecule has 1 fully saturated rings. The summed E-state index contributed by atoms with van der Waals surface area (Å²) in [5.74, 6) is -0.834. The van der Waals surface area contributed by atoms with Crippen molar-refractivity contribution in [2.75, 3.05) is 13.2 Å². The molecule has 3 rings (SSSR count). The molecule has 3 N–H and O–H groups in total. The molecule has 0 saturated heterocycles. The number of aryl methyl sites for hydroxylation is 1. The summed E-state index contributed by atoms with van der Waals surface area (Å²) in [7, 11) is -3.66. The Balaban J connectivity index is 2.04. The number of sulfone groups is 1. The zero-order valence-corrected chi connectivity index (χ0v) is 14.1. The van der Waals surface area contributed by atoms with E-state index in [1.54, 1.807) is 36.4 Å². The second-order valence-corrected chi connectivity index (χ2v) is 8.47. The molecule has 0 aromatic heterocycles. The quantitative estimate of drug-likeness (QED) is 0.865. The molecule has 3 atom stereocenters. The minimum absolute atomic E-state index is 0.0430. The van der Waals surface area contributed by atoms with Gasteiger partial charge in [-0.1, -0.05) is 29.8 Å². The van der Waals surface area contributed by atoms with Crippen LogP contribution in [0.5, 0.6) is 0 Å². The van der Waals surface area contributed by atoms with Crippen molar-refractivity contribution < 1.29 is 17.9 Å². The summed E-state index contributed by atoms with van der Waals surface area (Å²) in [6, 6.07) is 12.3. The van der Waals surface area contributed by atoms with E-state index in [2.05, 4.69) is 0 Å². The highest BCUT2D eigenvalue weighted by molar-refractivity contribution is 7.92. The summed E-state index contributed by atoms with van der Waals surface area (Å²) < 4.78 is 39.3. The zero-order valence-electron chi connectivity index (χ0n) is 13.3. The Kier molecular flexibility index (Phi) is 4.23. The molecule has 0 unspecified atom stereocenters. The number of nitrogens with two attached hydrogens (primary N) is 1. The molecule has 128 valence electrons. The van der Waals surface area contributed by atoms with Gasteiger partial charge < -0.3 is 10.8 Å². The smallest absolute Gasteiger partial charge is 0.182 e. The number of halogens is 1. The van der Waals surface area contributed by atoms with Crippen molar-refractivity contribution in [3.63, 3.8) is 0 Å². The summed E-state index contributed by atoms with van der Waals surface area (Å²) >= 11 is 0. The van der Waals surface area contributed by atoms with Crippen LogP contribution in [0.2, 0.25) is 0 Å². The maximum Gasteiger partial charge on any atom is 0.182 e. The monoisotopic (exact) mass is 349 g/mol. The Morgan fingerprint density at radius 2 is 1.71 bits per heavy atom. The second-order valence-electron chi connectivity index (χ2n) is 6.40. The number of benzene rings is 2. The lowest BCUT2D eigenvalue weighted by Crippen LogP contribution is -2.27. The average molecular weight is 349 g/mol. The van der Waals surface area contributed by atoms with Crippen LogP contribution in [-0.2, 0) is 9.84 Å². The van der Waals surface area contributed by atoms with Gasteiger partial charge in [0.05, 0.1) is 16.8 Å². The molecule has 0 heterocycles. The van der Waals surface area contributed by atoms with Gasteiger partial charge in [-0.15, -0.1) is 0 Å². The molecule has 24 heavy (non-hydrogen) atoms. The highest BCUT2D eigenvalue weighted by atomic mass is 32.2. The first-order chi connectivity index (χ1) is 11.4. The molecule has 0 amide bonds. The number of aliphatic hydroxyl groups excluding tert-OH is 1. The first-order valence-electron chi connectivity index (χ1n) is 7.74. The fourth-order valence-corrected chi connectivity index (χ4v) is 5.94. The van der Waals surface area contributed by atoms with Crippen molar-refractivity contribution in [2.45, 2.75) is 23.0 Å². The van der Waals surface area contributed by atoms with Gasteiger partial charge in [0.25, 0.3) is 0 Å². The van der Waals surface area contributed by atoms with Gasteiger partial charge in [-0.3, -0.25) is 0 Å². The van der Waals surface area contributed by atoms with Gasteiger partial charge in [-0.25, -0.2) is 12.8 Å². The van der Waals surface area contributed by atoms with Crippen LogP contribution in [0.4, 0.5) is 4.39 Å². The van der Waals surface area contributed by atoms with E-state index in [0.717, 1.165) is 5.56 Å². The largest absolute Gasteiger partial charge is 0.396 e. The fraction of sp³-hybridized carbons (Fsp3) is 0.333. The maximum atomic E-state index is 13.2. The van der Waals surface area contributed by atoms with E-state index < -0.39 is 26.4 Å². The van der Waals surface area contributed by atoms with Gasteiger partial charge in [0.15, 0.2) is 9.84 Å². The molecule has 1 saturated carbocycles. The lowest BCUT2D eigenvalue weighted by atomic mass is 10.0. The number of hydrogen-bond acceptors (Lipinski definition) is 4. The summed E-state index contributed by atoms with van der Waals surface area (Å²) in [6.45, 7) is 1.59. The molecule has 1 aliphatic rings. The molecule has 0 spiro atoms. The Bertz CT molecular complexity index is 828. The molecule has 2 aromatic carbocycles. The lowest BCUT2D eigenvalue weighted by molar-refractivity contribution is 0.212. The van der Waals surface area contributed by atoms with E-state index in [4.69, 9.17) is 5.73 Å². The van der Waals surface area contributed by atoms with Gasteiger partial charge in [-0.05, 0) is 36.8 Å². The van der Waals surface area contributed by atoms with Crippen LogP contribution < -0.4 is 5.73 Å². The van der Waals surface area contributed by atoms with Crippen LogP contribution in [0, 0.1) is 18.2 Å². The molecule has 0 aliphatic heterocycles. The lowest BCUT2D eigenvalue weighted by Gasteiger charge is -2.12. The predicted octanol–water partition coefficient (Wildman–Crippen LogP) is 2.01. The van der Waals surface area contributed by atoms with Crippen LogP contribution in [0.25, 0.3) is 0 Å². The van der Waals surface area contributed by atoms with E-state index in [-0.39, 0.29) is 23.9 Å². The van der Waals surface area contributed by atoms with Crippen molar-refractivity contribution in [3.8, 4) is 0 Å². The van der Waals surface area contributed by atoms with Crippen molar-refractivity contribution in [2.24, 2.45) is 11.1 Å². The Morgan fingerprint density at radius 1 is 1.12 bits per heavy atom. The first-order valence-corrected chi connectivity index (χ1v) is 9.28. The highest BCUT2D eigenvalue weighted by Gasteiger charge is 2.70. The third-order valence-corrected chi connectivity index (χ3v) is 7.31. The maximum absolute atomic E-state index is 13.2. The zero-order chi connectivity index (χ0) is 17.5. The van der Waals surface area contributed by atoms with E-state index in [1.165, 1.54) is 12.1 Å². The van der Waals surface area contributed by atoms with Crippen LogP contribution in [-0.4, -0.2) is 31.9 Å². The van der Waals surface area contributed by atoms with Crippen LogP contribution in [0.15, 0.2) is 53.4 Å². The van der Waals surface area contributed by atoms with Gasteiger partial charge in [0.1, 0.15) is 5.82 Å². The van der Waals surface area contributed by atoms with Gasteiger partial charge in [0, 0.05) is 17.9 Å². The fourth-order valence-electron chi connectivity index (χ4n) is 3.49. The van der Waals surface area contributed by atoms with Crippen LogP contribution >= 0.6 is 0 Å². The minimum Gasteiger partial charge on any atom is -0.396 e. The molecule has 6 heteroatoms. The van der Waals surface area contributed by atoms with E-state index in [1.807, 2.05) is 6.92 Å². The Morgan fingerprint density at radius 3 is 2.21 bits per heavy atom. The molecule has 1 aliphatic carbocycles. The number of hydrogen-bond donors (Lipinski definition) is 2. The normalized spacial score (nSPS) is 26.3. The molecule has 0 radical (unpaired) electrons. The van der Waals surface area contributed by atoms with Crippen molar-refractivity contribution in [1.82, 2.24) is 0 Å². The molecular formula is C18H20FNO3S. The molecule has 4 nitrogen and oxygen atoms in total. The molecule has 2 aromatic rings. The van der Waals surface area contributed by atoms with E-state index in [9.17, 15) is 17.9 Å². The van der Waals surface area contributed by atoms with Gasteiger partial charge in [-0.2, -0.15) is 0 Å². The first kappa shape index (κ1) is 17.1. The predicted molar refractivity (Wildman–Crippen MR) is 89.9 cm³/mol. The van der Waals surface area contributed by atoms with Crippen LogP contribution in [0.1, 0.15) is 17.0 Å². The van der Waals surface area contributed by atoms with Gasteiger partial charge >= 0.3 is 0 Å². The molecule has 0 bridgehead atoms. The summed E-state index contributed by atoms with van der Waals surface area (Å²) in [4.78, 5) is 0.217. The van der Waals surface area contributed by atoms with Crippen molar-refractivity contribution >= 4 is 9.84 Å². The van der Waals surface area contributed by atoms with E-state index in [0.29, 0.717) is 5.56 Å². The average Bonchev–Trinajstić information content (AvgIpc) is 3.26. The highest BCUT2D eigenvalue weighted by Crippen LogP contribution is 2.63. The Labute approximate surface area is 141 Å². The number of rotatable bonds is 5. The summed E-state index contributed by atoms with van der Waals surface area (Å²) in [5.41, 5.74) is 6.54. The van der Waals surface area contributed by atoms with Crippen LogP contribution in [0.3, 0.4) is 0 Å². The standard InChI is InChI=1S/C18H20FNO3S/c1-12-2-8-15(9-3-12)24(22,23)17-16(18(17,10-20)11-21)13-4-6-14(19)7-5-13/h2-9,16-17,21H,10-11,20H2,1H3/t16-,17+,18-/m0/s1. The second kappa shape index (κ2) is 5.95. The van der Waals surface area contributed by atoms with E-state index >= 15 is 0 Å². The number of aliphatic hydroxyl groups is 1. The minimum atomic E-state index is -3.66. The summed E-state index contributed by atoms with van der Waals surface area (Å²) in [5, 5.41) is 9.04. The van der Waals surface area contributed by atoms with Crippen molar-refractivity contribution in [1.29, 1.82) is 0 Å². The van der Waals surface area contributed by atoms with Crippen molar-refractivity contribution in [3.05, 3.63) is 65.5 Å². The topological polar surface area (TPSA) is 80.4 Å². The Hall–Kier alpha value is -1.76. The molecular weight excluding hydrogens is 329 g/mol. The van der Waals surface area contributed by atoms with Gasteiger partial charge in [0.2, 0.25) is 0 Å².